The molecule has 0 saturated carbocycles. The van der Waals surface area contributed by atoms with Gasteiger partial charge < -0.3 is 14.3 Å². The van der Waals surface area contributed by atoms with E-state index in [2.05, 4.69) is 4.74 Å². The Kier molecular flexibility index (Phi) is 3.54. The van der Waals surface area contributed by atoms with Crippen LogP contribution in [0.5, 0.6) is 5.75 Å². The van der Waals surface area contributed by atoms with Gasteiger partial charge in [0.05, 0.1) is 28.3 Å². The maximum absolute atomic E-state index is 12.6. The Hall–Kier alpha value is -2.47. The van der Waals surface area contributed by atoms with Crippen LogP contribution in [0, 0.1) is 0 Å². The summed E-state index contributed by atoms with van der Waals surface area (Å²) in [6, 6.07) is 7.46. The zero-order valence-electron chi connectivity index (χ0n) is 11.9. The van der Waals surface area contributed by atoms with Crippen LogP contribution in [0.2, 0.25) is 0 Å². The molecule has 3 aromatic rings. The molecule has 0 amide bonds. The highest BCUT2D eigenvalue weighted by atomic mass is 32.2. The van der Waals surface area contributed by atoms with Crippen molar-refractivity contribution < 1.29 is 19.1 Å². The first kappa shape index (κ1) is 14.5. The molecule has 5 nitrogen and oxygen atoms in total. The number of hydrogen-bond acceptors (Lipinski definition) is 6. The first-order valence-corrected chi connectivity index (χ1v) is 7.63. The van der Waals surface area contributed by atoms with E-state index in [0.29, 0.717) is 16.1 Å². The van der Waals surface area contributed by atoms with Crippen LogP contribution in [-0.4, -0.2) is 24.4 Å². The predicted octanol–water partition coefficient (Wildman–Crippen LogP) is 3.16. The van der Waals surface area contributed by atoms with Gasteiger partial charge >= 0.3 is 5.97 Å². The second-order valence-electron chi connectivity index (χ2n) is 4.66. The van der Waals surface area contributed by atoms with E-state index in [1.165, 1.54) is 31.0 Å². The number of aromatic hydroxyl groups is 1. The highest BCUT2D eigenvalue weighted by molar-refractivity contribution is 7.98. The predicted molar refractivity (Wildman–Crippen MR) is 84.8 cm³/mol. The number of hydrogen-bond donors (Lipinski definition) is 1. The second kappa shape index (κ2) is 5.38. The average Bonchev–Trinajstić information content (AvgIpc) is 2.54. The summed E-state index contributed by atoms with van der Waals surface area (Å²) in [6.07, 6.45) is 1.83. The molecule has 0 aliphatic carbocycles. The van der Waals surface area contributed by atoms with Crippen molar-refractivity contribution in [1.82, 2.24) is 0 Å². The van der Waals surface area contributed by atoms with Crippen molar-refractivity contribution in [2.75, 3.05) is 13.4 Å². The van der Waals surface area contributed by atoms with Crippen molar-refractivity contribution in [3.8, 4) is 5.75 Å². The molecule has 0 saturated heterocycles. The number of esters is 1. The molecule has 2 aromatic carbocycles. The molecule has 0 aliphatic rings. The van der Waals surface area contributed by atoms with Gasteiger partial charge in [-0.25, -0.2) is 4.79 Å². The molecule has 3 rings (SSSR count). The maximum atomic E-state index is 12.6. The number of carbonyl (C=O) groups excluding carboxylic acids is 1. The smallest absolute Gasteiger partial charge is 0.337 e. The number of carbonyl (C=O) groups is 1. The molecule has 0 atom stereocenters. The van der Waals surface area contributed by atoms with Gasteiger partial charge in [-0.05, 0) is 36.6 Å². The van der Waals surface area contributed by atoms with Crippen molar-refractivity contribution >= 4 is 39.7 Å². The average molecular weight is 316 g/mol. The van der Waals surface area contributed by atoms with Gasteiger partial charge in [-0.3, -0.25) is 4.79 Å². The van der Waals surface area contributed by atoms with Gasteiger partial charge in [0.1, 0.15) is 11.3 Å². The van der Waals surface area contributed by atoms with Crippen LogP contribution in [0.3, 0.4) is 0 Å². The van der Waals surface area contributed by atoms with Crippen LogP contribution in [0.15, 0.2) is 44.4 Å². The summed E-state index contributed by atoms with van der Waals surface area (Å²) in [4.78, 5) is 24.9. The first-order valence-electron chi connectivity index (χ1n) is 6.41. The largest absolute Gasteiger partial charge is 0.508 e. The van der Waals surface area contributed by atoms with Crippen LogP contribution in [0.4, 0.5) is 0 Å². The second-order valence-corrected chi connectivity index (χ2v) is 5.51. The third kappa shape index (κ3) is 2.21. The van der Waals surface area contributed by atoms with Gasteiger partial charge in [0.25, 0.3) is 0 Å². The molecule has 0 spiro atoms. The standard InChI is InChI=1S/C16H12O5S/c1-20-16(19)8-3-4-12-10(5-8)14(18)11-6-9(17)7-13(22-2)15(11)21-12/h3-7,17H,1-2H3. The van der Waals surface area contributed by atoms with Gasteiger partial charge in [-0.1, -0.05) is 0 Å². The van der Waals surface area contributed by atoms with E-state index in [4.69, 9.17) is 4.42 Å². The lowest BCUT2D eigenvalue weighted by Crippen LogP contribution is -2.06. The minimum atomic E-state index is -0.526. The van der Waals surface area contributed by atoms with Gasteiger partial charge in [-0.2, -0.15) is 0 Å². The molecule has 22 heavy (non-hydrogen) atoms. The summed E-state index contributed by atoms with van der Waals surface area (Å²) >= 11 is 1.37. The van der Waals surface area contributed by atoms with Gasteiger partial charge in [0.15, 0.2) is 5.58 Å². The Morgan fingerprint density at radius 2 is 2.00 bits per heavy atom. The quantitative estimate of drug-likeness (QED) is 0.444. The minimum absolute atomic E-state index is 0.00683. The number of methoxy groups -OCH3 is 1. The molecule has 0 aliphatic heterocycles. The van der Waals surface area contributed by atoms with Crippen LogP contribution in [0.25, 0.3) is 21.9 Å². The summed E-state index contributed by atoms with van der Waals surface area (Å²) in [5.41, 5.74) is 0.778. The fourth-order valence-corrected chi connectivity index (χ4v) is 2.89. The Morgan fingerprint density at radius 1 is 1.23 bits per heavy atom. The Bertz CT molecular complexity index is 958. The first-order chi connectivity index (χ1) is 10.5. The summed E-state index contributed by atoms with van der Waals surface area (Å²) in [5, 5.41) is 10.3. The topological polar surface area (TPSA) is 76.7 Å². The van der Waals surface area contributed by atoms with Gasteiger partial charge in [0, 0.05) is 0 Å². The van der Waals surface area contributed by atoms with Crippen molar-refractivity contribution in [1.29, 1.82) is 0 Å². The summed E-state index contributed by atoms with van der Waals surface area (Å²) in [7, 11) is 1.28. The SMILES string of the molecule is COC(=O)c1ccc2oc3c(SC)cc(O)cc3c(=O)c2c1. The van der Waals surface area contributed by atoms with Crippen molar-refractivity contribution in [3.63, 3.8) is 0 Å². The van der Waals surface area contributed by atoms with Crippen LogP contribution < -0.4 is 5.43 Å². The van der Waals surface area contributed by atoms with E-state index >= 15 is 0 Å². The molecular weight excluding hydrogens is 304 g/mol. The number of benzene rings is 2. The molecule has 1 aromatic heterocycles. The molecule has 0 bridgehead atoms. The van der Waals surface area contributed by atoms with Gasteiger partial charge in [0.2, 0.25) is 5.43 Å². The molecule has 0 radical (unpaired) electrons. The number of ether oxygens (including phenoxy) is 1. The molecule has 1 heterocycles. The molecule has 0 fully saturated rings. The highest BCUT2D eigenvalue weighted by Gasteiger charge is 2.15. The van der Waals surface area contributed by atoms with Crippen molar-refractivity contribution in [2.24, 2.45) is 0 Å². The van der Waals surface area contributed by atoms with Crippen LogP contribution in [-0.2, 0) is 4.74 Å². The van der Waals surface area contributed by atoms with Crippen LogP contribution in [0.1, 0.15) is 10.4 Å². The molecular formula is C16H12O5S. The molecule has 6 heteroatoms. The number of fused-ring (bicyclic) bond motifs is 2. The third-order valence-corrected chi connectivity index (χ3v) is 4.10. The Morgan fingerprint density at radius 3 is 2.68 bits per heavy atom. The summed E-state index contributed by atoms with van der Waals surface area (Å²) < 4.78 is 10.4. The third-order valence-electron chi connectivity index (χ3n) is 3.36. The monoisotopic (exact) mass is 316 g/mol. The zero-order valence-corrected chi connectivity index (χ0v) is 12.7. The van der Waals surface area contributed by atoms with E-state index in [-0.39, 0.29) is 27.5 Å². The number of phenols is 1. The lowest BCUT2D eigenvalue weighted by atomic mass is 10.1. The fraction of sp³-hybridized carbons (Fsp3) is 0.125. The minimum Gasteiger partial charge on any atom is -0.508 e. The number of phenolic OH excluding ortho intramolecular Hbond substituents is 1. The normalized spacial score (nSPS) is 11.0. The molecule has 112 valence electrons. The summed E-state index contributed by atoms with van der Waals surface area (Å²) in [5.74, 6) is -0.533. The lowest BCUT2D eigenvalue weighted by molar-refractivity contribution is 0.0601. The number of thioether (sulfide) groups is 1. The maximum Gasteiger partial charge on any atom is 0.337 e. The lowest BCUT2D eigenvalue weighted by Gasteiger charge is -2.07. The van der Waals surface area contributed by atoms with E-state index < -0.39 is 5.97 Å². The van der Waals surface area contributed by atoms with E-state index in [0.717, 1.165) is 0 Å². The Labute approximate surface area is 129 Å². The zero-order chi connectivity index (χ0) is 15.9. The van der Waals surface area contributed by atoms with E-state index in [1.54, 1.807) is 18.2 Å². The van der Waals surface area contributed by atoms with Gasteiger partial charge in [-0.15, -0.1) is 11.8 Å². The fourth-order valence-electron chi connectivity index (χ4n) is 2.31. The molecule has 1 N–H and O–H groups in total. The van der Waals surface area contributed by atoms with Crippen LogP contribution >= 0.6 is 11.8 Å². The Balaban J connectivity index is 2.42. The van der Waals surface area contributed by atoms with E-state index in [1.807, 2.05) is 6.26 Å². The number of rotatable bonds is 2. The van der Waals surface area contributed by atoms with E-state index in [9.17, 15) is 14.7 Å². The summed E-state index contributed by atoms with van der Waals surface area (Å²) in [6.45, 7) is 0. The molecule has 0 unspecified atom stereocenters. The van der Waals surface area contributed by atoms with Crippen molar-refractivity contribution in [2.45, 2.75) is 4.90 Å². The highest BCUT2D eigenvalue weighted by Crippen LogP contribution is 2.31. The van der Waals surface area contributed by atoms with Crippen molar-refractivity contribution in [3.05, 3.63) is 46.1 Å².